The lowest BCUT2D eigenvalue weighted by molar-refractivity contribution is 0.297. The molecule has 1 heterocycles. The van der Waals surface area contributed by atoms with Crippen LogP contribution in [0.4, 0.5) is 0 Å². The fraction of sp³-hybridized carbons (Fsp3) is 0.769. The minimum absolute atomic E-state index is 0.923. The van der Waals surface area contributed by atoms with Gasteiger partial charge >= 0.3 is 0 Å². The summed E-state index contributed by atoms with van der Waals surface area (Å²) < 4.78 is 2.04. The zero-order valence-electron chi connectivity index (χ0n) is 11.4. The van der Waals surface area contributed by atoms with Crippen LogP contribution in [0, 0.1) is 0 Å². The number of rotatable bonds is 9. The minimum atomic E-state index is 0.923. The second kappa shape index (κ2) is 8.25. The Morgan fingerprint density at radius 1 is 1.29 bits per heavy atom. The molecule has 98 valence electrons. The van der Waals surface area contributed by atoms with E-state index < -0.39 is 0 Å². The number of hydrogen-bond donors (Lipinski definition) is 1. The van der Waals surface area contributed by atoms with Crippen molar-refractivity contribution >= 4 is 0 Å². The third-order valence-corrected chi connectivity index (χ3v) is 3.13. The molecule has 1 aromatic rings. The normalized spacial score (nSPS) is 11.3. The molecule has 4 nitrogen and oxygen atoms in total. The molecule has 1 N–H and O–H groups in total. The van der Waals surface area contributed by atoms with Gasteiger partial charge in [0.05, 0.1) is 5.69 Å². The average Bonchev–Trinajstić information content (AvgIpc) is 2.81. The molecule has 0 amide bonds. The summed E-state index contributed by atoms with van der Waals surface area (Å²) in [5, 5.41) is 7.74. The maximum absolute atomic E-state index is 4.26. The lowest BCUT2D eigenvalue weighted by Crippen LogP contribution is -2.27. The Morgan fingerprint density at radius 2 is 2.06 bits per heavy atom. The van der Waals surface area contributed by atoms with E-state index in [0.29, 0.717) is 0 Å². The monoisotopic (exact) mass is 238 g/mol. The van der Waals surface area contributed by atoms with Crippen LogP contribution in [0.3, 0.4) is 0 Å². The van der Waals surface area contributed by atoms with Crippen molar-refractivity contribution in [2.24, 2.45) is 0 Å². The molecule has 1 rings (SSSR count). The molecule has 4 heteroatoms. The van der Waals surface area contributed by atoms with Crippen molar-refractivity contribution in [3.63, 3.8) is 0 Å². The molecule has 0 atom stereocenters. The summed E-state index contributed by atoms with van der Waals surface area (Å²) in [5.41, 5.74) is 1.27. The van der Waals surface area contributed by atoms with Crippen LogP contribution >= 0.6 is 0 Å². The highest BCUT2D eigenvalue weighted by molar-refractivity contribution is 4.99. The number of aromatic nitrogens is 2. The Hall–Kier alpha value is -0.870. The lowest BCUT2D eigenvalue weighted by Gasteiger charge is -2.17. The highest BCUT2D eigenvalue weighted by Gasteiger charge is 2.00. The molecule has 0 bridgehead atoms. The predicted molar refractivity (Wildman–Crippen MR) is 72.0 cm³/mol. The van der Waals surface area contributed by atoms with E-state index in [0.717, 1.165) is 32.7 Å². The fourth-order valence-corrected chi connectivity index (χ4v) is 1.98. The predicted octanol–water partition coefficient (Wildman–Crippen LogP) is 1.72. The molecule has 17 heavy (non-hydrogen) atoms. The van der Waals surface area contributed by atoms with Gasteiger partial charge in [-0.3, -0.25) is 4.68 Å². The van der Waals surface area contributed by atoms with E-state index in [1.807, 2.05) is 10.9 Å². The highest BCUT2D eigenvalue weighted by Crippen LogP contribution is 1.98. The van der Waals surface area contributed by atoms with Gasteiger partial charge in [0, 0.05) is 19.3 Å². The number of nitrogens with one attached hydrogen (secondary N) is 1. The van der Waals surface area contributed by atoms with Crippen molar-refractivity contribution in [1.82, 2.24) is 20.0 Å². The summed E-state index contributed by atoms with van der Waals surface area (Å²) >= 11 is 0. The van der Waals surface area contributed by atoms with Gasteiger partial charge in [-0.05, 0) is 45.6 Å². The first-order chi connectivity index (χ1) is 8.31. The largest absolute Gasteiger partial charge is 0.311 e. The topological polar surface area (TPSA) is 33.1 Å². The molecule has 0 spiro atoms. The van der Waals surface area contributed by atoms with Gasteiger partial charge in [0.2, 0.25) is 0 Å². The van der Waals surface area contributed by atoms with Crippen LogP contribution in [-0.4, -0.2) is 40.9 Å². The van der Waals surface area contributed by atoms with Gasteiger partial charge in [0.1, 0.15) is 0 Å². The smallest absolute Gasteiger partial charge is 0.0521 e. The second-order valence-electron chi connectivity index (χ2n) is 4.20. The van der Waals surface area contributed by atoms with E-state index in [-0.39, 0.29) is 0 Å². The Balaban J connectivity index is 2.12. The summed E-state index contributed by atoms with van der Waals surface area (Å²) in [6.07, 6.45) is 3.08. The molecule has 0 unspecified atom stereocenters. The summed E-state index contributed by atoms with van der Waals surface area (Å²) in [5.74, 6) is 0. The van der Waals surface area contributed by atoms with Crippen molar-refractivity contribution in [2.75, 3.05) is 26.2 Å². The first kappa shape index (κ1) is 14.2. The van der Waals surface area contributed by atoms with Crippen LogP contribution in [0.15, 0.2) is 12.3 Å². The highest BCUT2D eigenvalue weighted by atomic mass is 15.3. The van der Waals surface area contributed by atoms with Crippen LogP contribution in [-0.2, 0) is 13.1 Å². The summed E-state index contributed by atoms with van der Waals surface area (Å²) in [7, 11) is 0. The molecular formula is C13H26N4. The Bertz CT molecular complexity index is 291. The molecule has 0 saturated heterocycles. The standard InChI is InChI=1S/C13H26N4/c1-4-16(5-2)11-7-9-14-12-13-8-10-15-17(13)6-3/h8,10,14H,4-7,9,11-12H2,1-3H3. The van der Waals surface area contributed by atoms with Gasteiger partial charge in [-0.15, -0.1) is 0 Å². The molecule has 0 aliphatic rings. The molecule has 0 radical (unpaired) electrons. The van der Waals surface area contributed by atoms with Crippen molar-refractivity contribution in [3.8, 4) is 0 Å². The first-order valence-electron chi connectivity index (χ1n) is 6.75. The average molecular weight is 238 g/mol. The zero-order valence-corrected chi connectivity index (χ0v) is 11.4. The van der Waals surface area contributed by atoms with Crippen LogP contribution in [0.1, 0.15) is 32.9 Å². The number of aryl methyl sites for hydroxylation is 1. The van der Waals surface area contributed by atoms with E-state index in [2.05, 4.69) is 42.2 Å². The second-order valence-corrected chi connectivity index (χ2v) is 4.20. The molecule has 0 aromatic carbocycles. The van der Waals surface area contributed by atoms with Gasteiger partial charge in [0.15, 0.2) is 0 Å². The zero-order chi connectivity index (χ0) is 12.5. The lowest BCUT2D eigenvalue weighted by atomic mass is 10.3. The molecule has 0 saturated carbocycles. The third-order valence-electron chi connectivity index (χ3n) is 3.13. The van der Waals surface area contributed by atoms with Gasteiger partial charge in [-0.2, -0.15) is 5.10 Å². The molecule has 1 aromatic heterocycles. The minimum Gasteiger partial charge on any atom is -0.311 e. The van der Waals surface area contributed by atoms with Crippen molar-refractivity contribution < 1.29 is 0 Å². The number of hydrogen-bond acceptors (Lipinski definition) is 3. The Kier molecular flexibility index (Phi) is 6.89. The Morgan fingerprint density at radius 3 is 2.71 bits per heavy atom. The van der Waals surface area contributed by atoms with Crippen LogP contribution < -0.4 is 5.32 Å². The summed E-state index contributed by atoms with van der Waals surface area (Å²) in [4.78, 5) is 2.46. The first-order valence-corrected chi connectivity index (χ1v) is 6.75. The third kappa shape index (κ3) is 4.88. The van der Waals surface area contributed by atoms with Crippen LogP contribution in [0.25, 0.3) is 0 Å². The molecule has 0 fully saturated rings. The van der Waals surface area contributed by atoms with Crippen LogP contribution in [0.2, 0.25) is 0 Å². The van der Waals surface area contributed by atoms with Gasteiger partial charge in [0.25, 0.3) is 0 Å². The van der Waals surface area contributed by atoms with E-state index in [9.17, 15) is 0 Å². The quantitative estimate of drug-likeness (QED) is 0.665. The van der Waals surface area contributed by atoms with Crippen molar-refractivity contribution in [2.45, 2.75) is 40.3 Å². The maximum Gasteiger partial charge on any atom is 0.0521 e. The Labute approximate surface area is 105 Å². The summed E-state index contributed by atoms with van der Waals surface area (Å²) in [6, 6.07) is 2.08. The fourth-order valence-electron chi connectivity index (χ4n) is 1.98. The molecule has 0 aliphatic heterocycles. The maximum atomic E-state index is 4.26. The van der Waals surface area contributed by atoms with E-state index in [4.69, 9.17) is 0 Å². The SMILES string of the molecule is CCN(CC)CCCNCc1ccnn1CC. The van der Waals surface area contributed by atoms with Crippen molar-refractivity contribution in [1.29, 1.82) is 0 Å². The number of nitrogens with zero attached hydrogens (tertiary/aromatic N) is 3. The van der Waals surface area contributed by atoms with Crippen molar-refractivity contribution in [3.05, 3.63) is 18.0 Å². The van der Waals surface area contributed by atoms with Gasteiger partial charge in [-0.25, -0.2) is 0 Å². The van der Waals surface area contributed by atoms with E-state index in [1.54, 1.807) is 0 Å². The van der Waals surface area contributed by atoms with Crippen LogP contribution in [0.5, 0.6) is 0 Å². The van der Waals surface area contributed by atoms with E-state index in [1.165, 1.54) is 18.7 Å². The van der Waals surface area contributed by atoms with Gasteiger partial charge < -0.3 is 10.2 Å². The summed E-state index contributed by atoms with van der Waals surface area (Å²) in [6.45, 7) is 13.0. The van der Waals surface area contributed by atoms with E-state index >= 15 is 0 Å². The molecular weight excluding hydrogens is 212 g/mol. The van der Waals surface area contributed by atoms with Gasteiger partial charge in [-0.1, -0.05) is 13.8 Å². The molecule has 0 aliphatic carbocycles.